The smallest absolute Gasteiger partial charge is 0.246 e. The number of hydrogen-bond acceptors (Lipinski definition) is 3. The Hall–Kier alpha value is -2.69. The first-order chi connectivity index (χ1) is 11.1. The standard InChI is InChI=1S/C18H20N4O/c1-4-14-7-5-6-8-15(14)19-18(23)11-22-17-10-13(3)12(2)9-16(17)20-21-22/h5-10H,4,11H2,1-3H3,(H,19,23). The third-order valence-electron chi connectivity index (χ3n) is 4.10. The van der Waals surface area contributed by atoms with Gasteiger partial charge in [-0.2, -0.15) is 0 Å². The van der Waals surface area contributed by atoms with Crippen LogP contribution in [0.1, 0.15) is 23.6 Å². The van der Waals surface area contributed by atoms with E-state index in [2.05, 4.69) is 22.6 Å². The number of rotatable bonds is 4. The number of carbonyl (C=O) groups excluding carboxylic acids is 1. The molecule has 0 aliphatic rings. The largest absolute Gasteiger partial charge is 0.324 e. The van der Waals surface area contributed by atoms with Crippen molar-refractivity contribution in [1.29, 1.82) is 0 Å². The molecular formula is C18H20N4O. The van der Waals surface area contributed by atoms with Gasteiger partial charge >= 0.3 is 0 Å². The third kappa shape index (κ3) is 3.08. The Morgan fingerprint density at radius 1 is 1.17 bits per heavy atom. The molecule has 1 aromatic heterocycles. The molecule has 0 aliphatic heterocycles. The van der Waals surface area contributed by atoms with Gasteiger partial charge in [0.15, 0.2) is 0 Å². The summed E-state index contributed by atoms with van der Waals surface area (Å²) in [6, 6.07) is 11.9. The lowest BCUT2D eigenvalue weighted by Gasteiger charge is -2.10. The van der Waals surface area contributed by atoms with Gasteiger partial charge in [-0.3, -0.25) is 4.79 Å². The van der Waals surface area contributed by atoms with Crippen LogP contribution in [0.5, 0.6) is 0 Å². The van der Waals surface area contributed by atoms with Crippen LogP contribution < -0.4 is 5.32 Å². The Labute approximate surface area is 135 Å². The third-order valence-corrected chi connectivity index (χ3v) is 4.10. The van der Waals surface area contributed by atoms with E-state index in [4.69, 9.17) is 0 Å². The van der Waals surface area contributed by atoms with E-state index in [9.17, 15) is 4.79 Å². The average Bonchev–Trinajstić information content (AvgIpc) is 2.90. The summed E-state index contributed by atoms with van der Waals surface area (Å²) < 4.78 is 1.64. The highest BCUT2D eigenvalue weighted by atomic mass is 16.2. The lowest BCUT2D eigenvalue weighted by Crippen LogP contribution is -2.20. The number of aromatic nitrogens is 3. The number of nitrogens with zero attached hydrogens (tertiary/aromatic N) is 3. The van der Waals surface area contributed by atoms with Crippen LogP contribution >= 0.6 is 0 Å². The maximum atomic E-state index is 12.3. The average molecular weight is 308 g/mol. The molecule has 5 nitrogen and oxygen atoms in total. The molecule has 0 spiro atoms. The Kier molecular flexibility index (Phi) is 4.10. The molecule has 1 N–H and O–H groups in total. The minimum absolute atomic E-state index is 0.101. The van der Waals surface area contributed by atoms with Crippen LogP contribution in [0.2, 0.25) is 0 Å². The Morgan fingerprint density at radius 2 is 1.91 bits per heavy atom. The molecule has 2 aromatic carbocycles. The number of amides is 1. The number of nitrogens with one attached hydrogen (secondary N) is 1. The van der Waals surface area contributed by atoms with Crippen LogP contribution in [-0.4, -0.2) is 20.9 Å². The summed E-state index contributed by atoms with van der Waals surface area (Å²) in [6.07, 6.45) is 0.876. The van der Waals surface area contributed by atoms with Gasteiger partial charge in [-0.1, -0.05) is 30.3 Å². The number of carbonyl (C=O) groups is 1. The highest BCUT2D eigenvalue weighted by Crippen LogP contribution is 2.18. The van der Waals surface area contributed by atoms with Crippen molar-refractivity contribution in [3.8, 4) is 0 Å². The highest BCUT2D eigenvalue weighted by molar-refractivity contribution is 5.92. The molecule has 0 bridgehead atoms. The van der Waals surface area contributed by atoms with E-state index >= 15 is 0 Å². The molecule has 3 aromatic rings. The maximum absolute atomic E-state index is 12.3. The van der Waals surface area contributed by atoms with Crippen molar-refractivity contribution in [3.63, 3.8) is 0 Å². The summed E-state index contributed by atoms with van der Waals surface area (Å²) in [5, 5.41) is 11.2. The Balaban J connectivity index is 1.82. The van der Waals surface area contributed by atoms with E-state index in [1.54, 1.807) is 4.68 Å². The van der Waals surface area contributed by atoms with E-state index in [-0.39, 0.29) is 12.5 Å². The fourth-order valence-electron chi connectivity index (χ4n) is 2.62. The number of hydrogen-bond donors (Lipinski definition) is 1. The van der Waals surface area contributed by atoms with Gasteiger partial charge in [0.2, 0.25) is 5.91 Å². The summed E-state index contributed by atoms with van der Waals surface area (Å²) in [6.45, 7) is 6.31. The van der Waals surface area contributed by atoms with Crippen LogP contribution in [-0.2, 0) is 17.8 Å². The van der Waals surface area contributed by atoms with Crippen molar-refractivity contribution >= 4 is 22.6 Å². The van der Waals surface area contributed by atoms with Gasteiger partial charge in [-0.25, -0.2) is 4.68 Å². The number of benzene rings is 2. The zero-order valence-corrected chi connectivity index (χ0v) is 13.6. The van der Waals surface area contributed by atoms with Gasteiger partial charge in [0, 0.05) is 5.69 Å². The molecule has 1 amide bonds. The molecule has 118 valence electrons. The fourth-order valence-corrected chi connectivity index (χ4v) is 2.62. The summed E-state index contributed by atoms with van der Waals surface area (Å²) in [4.78, 5) is 12.3. The van der Waals surface area contributed by atoms with Gasteiger partial charge in [0.05, 0.1) is 5.52 Å². The van der Waals surface area contributed by atoms with Crippen molar-refractivity contribution < 1.29 is 4.79 Å². The molecule has 3 rings (SSSR count). The summed E-state index contributed by atoms with van der Waals surface area (Å²) in [5.41, 5.74) is 6.01. The molecule has 0 aliphatic carbocycles. The molecule has 23 heavy (non-hydrogen) atoms. The van der Waals surface area contributed by atoms with Crippen molar-refractivity contribution in [2.24, 2.45) is 0 Å². The zero-order valence-electron chi connectivity index (χ0n) is 13.6. The molecule has 0 atom stereocenters. The van der Waals surface area contributed by atoms with Gasteiger partial charge < -0.3 is 5.32 Å². The number of para-hydroxylation sites is 1. The monoisotopic (exact) mass is 308 g/mol. The molecular weight excluding hydrogens is 288 g/mol. The van der Waals surface area contributed by atoms with Gasteiger partial charge in [0.25, 0.3) is 0 Å². The van der Waals surface area contributed by atoms with E-state index in [0.29, 0.717) is 0 Å². The number of aryl methyl sites for hydroxylation is 3. The summed E-state index contributed by atoms with van der Waals surface area (Å²) in [7, 11) is 0. The van der Waals surface area contributed by atoms with Crippen molar-refractivity contribution in [1.82, 2.24) is 15.0 Å². The van der Waals surface area contributed by atoms with Crippen molar-refractivity contribution in [3.05, 3.63) is 53.1 Å². The quantitative estimate of drug-likeness (QED) is 0.805. The van der Waals surface area contributed by atoms with Gasteiger partial charge in [-0.15, -0.1) is 5.10 Å². The van der Waals surface area contributed by atoms with Gasteiger partial charge in [-0.05, 0) is 55.2 Å². The van der Waals surface area contributed by atoms with Crippen LogP contribution in [0.25, 0.3) is 11.0 Å². The molecule has 1 heterocycles. The van der Waals surface area contributed by atoms with E-state index in [1.807, 2.05) is 50.2 Å². The predicted molar refractivity (Wildman–Crippen MR) is 91.5 cm³/mol. The zero-order chi connectivity index (χ0) is 16.4. The first-order valence-electron chi connectivity index (χ1n) is 7.76. The van der Waals surface area contributed by atoms with Crippen LogP contribution in [0.4, 0.5) is 5.69 Å². The Morgan fingerprint density at radius 3 is 2.70 bits per heavy atom. The van der Waals surface area contributed by atoms with Crippen LogP contribution in [0, 0.1) is 13.8 Å². The SMILES string of the molecule is CCc1ccccc1NC(=O)Cn1nnc2cc(C)c(C)cc21. The van der Waals surface area contributed by atoms with E-state index in [0.717, 1.165) is 34.3 Å². The summed E-state index contributed by atoms with van der Waals surface area (Å²) >= 11 is 0. The second-order valence-corrected chi connectivity index (χ2v) is 5.73. The van der Waals surface area contributed by atoms with Crippen LogP contribution in [0.15, 0.2) is 36.4 Å². The van der Waals surface area contributed by atoms with E-state index < -0.39 is 0 Å². The normalized spacial score (nSPS) is 10.9. The maximum Gasteiger partial charge on any atom is 0.246 e. The molecule has 0 unspecified atom stereocenters. The minimum Gasteiger partial charge on any atom is -0.324 e. The number of fused-ring (bicyclic) bond motifs is 1. The first kappa shape index (κ1) is 15.2. The highest BCUT2D eigenvalue weighted by Gasteiger charge is 2.11. The van der Waals surface area contributed by atoms with E-state index in [1.165, 1.54) is 5.56 Å². The first-order valence-corrected chi connectivity index (χ1v) is 7.76. The predicted octanol–water partition coefficient (Wildman–Crippen LogP) is 3.25. The Bertz CT molecular complexity index is 867. The van der Waals surface area contributed by atoms with Crippen molar-refractivity contribution in [2.75, 3.05) is 5.32 Å². The minimum atomic E-state index is -0.101. The molecule has 5 heteroatoms. The summed E-state index contributed by atoms with van der Waals surface area (Å²) in [5.74, 6) is -0.101. The number of anilines is 1. The molecule has 0 saturated heterocycles. The second-order valence-electron chi connectivity index (χ2n) is 5.73. The topological polar surface area (TPSA) is 59.8 Å². The van der Waals surface area contributed by atoms with Crippen molar-refractivity contribution in [2.45, 2.75) is 33.7 Å². The van der Waals surface area contributed by atoms with Gasteiger partial charge in [0.1, 0.15) is 12.1 Å². The molecule has 0 saturated carbocycles. The van der Waals surface area contributed by atoms with Crippen LogP contribution in [0.3, 0.4) is 0 Å². The lowest BCUT2D eigenvalue weighted by atomic mass is 10.1. The second kappa shape index (κ2) is 6.20. The lowest BCUT2D eigenvalue weighted by molar-refractivity contribution is -0.116. The molecule has 0 fully saturated rings. The fraction of sp³-hybridized carbons (Fsp3) is 0.278. The molecule has 0 radical (unpaired) electrons.